The van der Waals surface area contributed by atoms with Gasteiger partial charge in [0.1, 0.15) is 6.04 Å². The second-order valence-electron chi connectivity index (χ2n) is 4.00. The number of carbonyl (C=O) groups is 1. The summed E-state index contributed by atoms with van der Waals surface area (Å²) in [7, 11) is 1.62. The van der Waals surface area contributed by atoms with Crippen molar-refractivity contribution in [3.63, 3.8) is 0 Å². The molecule has 4 nitrogen and oxygen atoms in total. The standard InChI is InChI=1S/C11H20N2O2/c1-8(2)10(7-12)13-11(14)6-5-9(3)15-4/h8-10H,5-6H2,1-4H3,(H,13,14). The van der Waals surface area contributed by atoms with E-state index in [1.165, 1.54) is 0 Å². The molecule has 0 bridgehead atoms. The zero-order valence-corrected chi connectivity index (χ0v) is 9.91. The Hall–Kier alpha value is -1.08. The van der Waals surface area contributed by atoms with Crippen molar-refractivity contribution in [1.82, 2.24) is 5.32 Å². The summed E-state index contributed by atoms with van der Waals surface area (Å²) in [4.78, 5) is 11.4. The predicted octanol–water partition coefficient (Wildman–Crippen LogP) is 1.47. The van der Waals surface area contributed by atoms with E-state index >= 15 is 0 Å². The quantitative estimate of drug-likeness (QED) is 0.725. The van der Waals surface area contributed by atoms with Gasteiger partial charge in [0.05, 0.1) is 12.2 Å². The Labute approximate surface area is 91.6 Å². The van der Waals surface area contributed by atoms with E-state index in [-0.39, 0.29) is 17.9 Å². The molecule has 0 aromatic rings. The number of methoxy groups -OCH3 is 1. The van der Waals surface area contributed by atoms with Gasteiger partial charge in [-0.2, -0.15) is 5.26 Å². The van der Waals surface area contributed by atoms with Gasteiger partial charge in [0, 0.05) is 13.5 Å². The number of nitrogens with zero attached hydrogens (tertiary/aromatic N) is 1. The molecule has 0 rings (SSSR count). The molecule has 0 aliphatic heterocycles. The van der Waals surface area contributed by atoms with Crippen LogP contribution in [0.4, 0.5) is 0 Å². The Bertz CT molecular complexity index is 233. The second-order valence-corrected chi connectivity index (χ2v) is 4.00. The molecule has 15 heavy (non-hydrogen) atoms. The van der Waals surface area contributed by atoms with E-state index in [0.717, 1.165) is 0 Å². The first kappa shape index (κ1) is 13.9. The van der Waals surface area contributed by atoms with Crippen LogP contribution in [0.15, 0.2) is 0 Å². The van der Waals surface area contributed by atoms with Crippen LogP contribution in [0, 0.1) is 17.2 Å². The van der Waals surface area contributed by atoms with E-state index in [1.54, 1.807) is 7.11 Å². The fourth-order valence-electron chi connectivity index (χ4n) is 1.05. The van der Waals surface area contributed by atoms with Gasteiger partial charge >= 0.3 is 0 Å². The minimum absolute atomic E-state index is 0.0790. The van der Waals surface area contributed by atoms with Crippen LogP contribution in [0.5, 0.6) is 0 Å². The van der Waals surface area contributed by atoms with E-state index < -0.39 is 6.04 Å². The zero-order chi connectivity index (χ0) is 11.8. The smallest absolute Gasteiger partial charge is 0.221 e. The normalized spacial score (nSPS) is 14.4. The van der Waals surface area contributed by atoms with Crippen LogP contribution < -0.4 is 5.32 Å². The average molecular weight is 212 g/mol. The molecule has 0 aromatic carbocycles. The van der Waals surface area contributed by atoms with E-state index in [4.69, 9.17) is 10.00 Å². The Morgan fingerprint density at radius 1 is 1.47 bits per heavy atom. The Morgan fingerprint density at radius 2 is 2.07 bits per heavy atom. The molecule has 0 aromatic heterocycles. The molecule has 0 heterocycles. The van der Waals surface area contributed by atoms with Crippen molar-refractivity contribution in [1.29, 1.82) is 5.26 Å². The number of nitrogens with one attached hydrogen (secondary N) is 1. The first-order chi connectivity index (χ1) is 7.01. The van der Waals surface area contributed by atoms with Crippen LogP contribution in [0.1, 0.15) is 33.6 Å². The van der Waals surface area contributed by atoms with Gasteiger partial charge in [-0.3, -0.25) is 4.79 Å². The fourth-order valence-corrected chi connectivity index (χ4v) is 1.05. The van der Waals surface area contributed by atoms with E-state index in [1.807, 2.05) is 20.8 Å². The molecule has 0 aliphatic carbocycles. The molecule has 0 saturated carbocycles. The highest BCUT2D eigenvalue weighted by Gasteiger charge is 2.15. The Balaban J connectivity index is 3.88. The van der Waals surface area contributed by atoms with Crippen molar-refractivity contribution in [2.24, 2.45) is 5.92 Å². The lowest BCUT2D eigenvalue weighted by atomic mass is 10.1. The van der Waals surface area contributed by atoms with Gasteiger partial charge in [-0.05, 0) is 19.3 Å². The van der Waals surface area contributed by atoms with Crippen LogP contribution in [0.2, 0.25) is 0 Å². The van der Waals surface area contributed by atoms with Crippen LogP contribution in [0.3, 0.4) is 0 Å². The monoisotopic (exact) mass is 212 g/mol. The number of carbonyl (C=O) groups excluding carboxylic acids is 1. The van der Waals surface area contributed by atoms with Gasteiger partial charge in [0.25, 0.3) is 0 Å². The molecule has 0 aliphatic rings. The lowest BCUT2D eigenvalue weighted by Gasteiger charge is -2.15. The number of nitriles is 1. The van der Waals surface area contributed by atoms with Gasteiger partial charge in [0.2, 0.25) is 5.91 Å². The summed E-state index contributed by atoms with van der Waals surface area (Å²) in [6, 6.07) is 1.68. The molecule has 0 spiro atoms. The van der Waals surface area contributed by atoms with Crippen molar-refractivity contribution in [2.75, 3.05) is 7.11 Å². The molecule has 2 atom stereocenters. The second kappa shape index (κ2) is 7.24. The number of amides is 1. The summed E-state index contributed by atoms with van der Waals surface area (Å²) in [6.45, 7) is 5.73. The van der Waals surface area contributed by atoms with Gasteiger partial charge in [0.15, 0.2) is 0 Å². The number of ether oxygens (including phenoxy) is 1. The highest BCUT2D eigenvalue weighted by Crippen LogP contribution is 2.03. The van der Waals surface area contributed by atoms with Crippen LogP contribution in [-0.2, 0) is 9.53 Å². The van der Waals surface area contributed by atoms with Crippen molar-refractivity contribution < 1.29 is 9.53 Å². The lowest BCUT2D eigenvalue weighted by molar-refractivity contribution is -0.122. The SMILES string of the molecule is COC(C)CCC(=O)NC(C#N)C(C)C. The first-order valence-corrected chi connectivity index (χ1v) is 5.23. The zero-order valence-electron chi connectivity index (χ0n) is 9.91. The van der Waals surface area contributed by atoms with Crippen molar-refractivity contribution in [2.45, 2.75) is 45.8 Å². The van der Waals surface area contributed by atoms with Gasteiger partial charge < -0.3 is 10.1 Å². The van der Waals surface area contributed by atoms with Gasteiger partial charge in [-0.1, -0.05) is 13.8 Å². The van der Waals surface area contributed by atoms with E-state index in [0.29, 0.717) is 12.8 Å². The third kappa shape index (κ3) is 6.08. The van der Waals surface area contributed by atoms with Crippen LogP contribution in [-0.4, -0.2) is 25.2 Å². The summed E-state index contributed by atoms with van der Waals surface area (Å²) < 4.78 is 5.03. The molecule has 86 valence electrons. The molecule has 1 amide bonds. The molecule has 0 saturated heterocycles. The largest absolute Gasteiger partial charge is 0.382 e. The summed E-state index contributed by atoms with van der Waals surface area (Å²) >= 11 is 0. The number of rotatable bonds is 6. The number of hydrogen-bond acceptors (Lipinski definition) is 3. The summed E-state index contributed by atoms with van der Waals surface area (Å²) in [5.41, 5.74) is 0. The fraction of sp³-hybridized carbons (Fsp3) is 0.818. The minimum atomic E-state index is -0.393. The molecule has 0 radical (unpaired) electrons. The van der Waals surface area contributed by atoms with Gasteiger partial charge in [-0.25, -0.2) is 0 Å². The minimum Gasteiger partial charge on any atom is -0.382 e. The predicted molar refractivity (Wildman–Crippen MR) is 58.1 cm³/mol. The molecule has 1 N–H and O–H groups in total. The molecular weight excluding hydrogens is 192 g/mol. The van der Waals surface area contributed by atoms with Crippen LogP contribution >= 0.6 is 0 Å². The maximum absolute atomic E-state index is 11.4. The van der Waals surface area contributed by atoms with Crippen molar-refractivity contribution in [3.05, 3.63) is 0 Å². The topological polar surface area (TPSA) is 62.1 Å². The highest BCUT2D eigenvalue weighted by molar-refractivity contribution is 5.76. The first-order valence-electron chi connectivity index (χ1n) is 5.23. The maximum atomic E-state index is 11.4. The third-order valence-corrected chi connectivity index (χ3v) is 2.30. The Morgan fingerprint density at radius 3 is 2.47 bits per heavy atom. The maximum Gasteiger partial charge on any atom is 0.221 e. The van der Waals surface area contributed by atoms with Crippen molar-refractivity contribution in [3.8, 4) is 6.07 Å². The number of hydrogen-bond donors (Lipinski definition) is 1. The summed E-state index contributed by atoms with van der Waals surface area (Å²) in [5, 5.41) is 11.5. The molecule has 4 heteroatoms. The molecule has 0 fully saturated rings. The average Bonchev–Trinajstić information content (AvgIpc) is 2.21. The van der Waals surface area contributed by atoms with Crippen molar-refractivity contribution >= 4 is 5.91 Å². The van der Waals surface area contributed by atoms with Gasteiger partial charge in [-0.15, -0.1) is 0 Å². The van der Waals surface area contributed by atoms with Crippen LogP contribution in [0.25, 0.3) is 0 Å². The highest BCUT2D eigenvalue weighted by atomic mass is 16.5. The van der Waals surface area contributed by atoms with E-state index in [2.05, 4.69) is 11.4 Å². The third-order valence-electron chi connectivity index (χ3n) is 2.30. The Kier molecular flexibility index (Phi) is 6.72. The lowest BCUT2D eigenvalue weighted by Crippen LogP contribution is -2.37. The summed E-state index contributed by atoms with van der Waals surface area (Å²) in [6.07, 6.45) is 1.16. The summed E-state index contributed by atoms with van der Waals surface area (Å²) in [5.74, 6) is 0.0537. The van der Waals surface area contributed by atoms with E-state index in [9.17, 15) is 4.79 Å². The molecule has 2 unspecified atom stereocenters. The molecular formula is C11H20N2O2.